The molecule has 2 N–H and O–H groups in total. The summed E-state index contributed by atoms with van der Waals surface area (Å²) in [4.78, 5) is 11.6. The Hall–Kier alpha value is -1.25. The highest BCUT2D eigenvalue weighted by atomic mass is 16.1. The SMILES string of the molecule is CC1(Cn2cccc(N)c2=O)CCC1. The maximum absolute atomic E-state index is 11.6. The van der Waals surface area contributed by atoms with Crippen molar-refractivity contribution < 1.29 is 0 Å². The molecule has 1 fully saturated rings. The van der Waals surface area contributed by atoms with Crippen molar-refractivity contribution in [2.45, 2.75) is 32.7 Å². The number of hydrogen-bond acceptors (Lipinski definition) is 2. The Morgan fingerprint density at radius 1 is 1.57 bits per heavy atom. The molecule has 1 aliphatic rings. The lowest BCUT2D eigenvalue weighted by atomic mass is 9.70. The summed E-state index contributed by atoms with van der Waals surface area (Å²) < 4.78 is 1.73. The van der Waals surface area contributed by atoms with Gasteiger partial charge in [0.1, 0.15) is 0 Å². The molecule has 1 aliphatic carbocycles. The third-order valence-electron chi connectivity index (χ3n) is 3.16. The molecular formula is C11H16N2O. The highest BCUT2D eigenvalue weighted by Gasteiger charge is 2.32. The zero-order chi connectivity index (χ0) is 10.2. The van der Waals surface area contributed by atoms with Crippen molar-refractivity contribution in [3.63, 3.8) is 0 Å². The molecule has 0 aromatic carbocycles. The fourth-order valence-corrected chi connectivity index (χ4v) is 2.03. The predicted octanol–water partition coefficient (Wildman–Crippen LogP) is 1.62. The molecule has 14 heavy (non-hydrogen) atoms. The van der Waals surface area contributed by atoms with Gasteiger partial charge in [-0.3, -0.25) is 4.79 Å². The standard InChI is InChI=1S/C11H16N2O/c1-11(5-3-6-11)8-13-7-2-4-9(12)10(13)14/h2,4,7H,3,5-6,8,12H2,1H3. The van der Waals surface area contributed by atoms with Gasteiger partial charge in [-0.15, -0.1) is 0 Å². The second kappa shape index (κ2) is 3.15. The maximum Gasteiger partial charge on any atom is 0.273 e. The van der Waals surface area contributed by atoms with Gasteiger partial charge < -0.3 is 10.3 Å². The van der Waals surface area contributed by atoms with Crippen molar-refractivity contribution in [3.8, 4) is 0 Å². The first-order valence-corrected chi connectivity index (χ1v) is 5.06. The largest absolute Gasteiger partial charge is 0.394 e. The molecule has 0 atom stereocenters. The third-order valence-corrected chi connectivity index (χ3v) is 3.16. The molecule has 1 saturated carbocycles. The summed E-state index contributed by atoms with van der Waals surface area (Å²) >= 11 is 0. The number of hydrogen-bond donors (Lipinski definition) is 1. The van der Waals surface area contributed by atoms with Crippen molar-refractivity contribution in [1.82, 2.24) is 4.57 Å². The molecular weight excluding hydrogens is 176 g/mol. The van der Waals surface area contributed by atoms with Crippen LogP contribution in [0, 0.1) is 5.41 Å². The van der Waals surface area contributed by atoms with Crippen molar-refractivity contribution >= 4 is 5.69 Å². The molecule has 1 heterocycles. The maximum atomic E-state index is 11.6. The zero-order valence-electron chi connectivity index (χ0n) is 8.49. The first-order valence-electron chi connectivity index (χ1n) is 5.06. The summed E-state index contributed by atoms with van der Waals surface area (Å²) in [6, 6.07) is 3.49. The van der Waals surface area contributed by atoms with Crippen molar-refractivity contribution in [2.24, 2.45) is 5.41 Å². The number of aromatic nitrogens is 1. The lowest BCUT2D eigenvalue weighted by Crippen LogP contribution is -2.35. The van der Waals surface area contributed by atoms with E-state index in [0.29, 0.717) is 11.1 Å². The van der Waals surface area contributed by atoms with E-state index in [2.05, 4.69) is 6.92 Å². The zero-order valence-corrected chi connectivity index (χ0v) is 8.49. The quantitative estimate of drug-likeness (QED) is 0.774. The summed E-state index contributed by atoms with van der Waals surface area (Å²) in [5.74, 6) is 0. The van der Waals surface area contributed by atoms with E-state index in [1.54, 1.807) is 10.6 Å². The molecule has 0 radical (unpaired) electrons. The molecule has 76 valence electrons. The number of pyridine rings is 1. The Kier molecular flexibility index (Phi) is 2.10. The van der Waals surface area contributed by atoms with Crippen LogP contribution in [0.3, 0.4) is 0 Å². The first kappa shape index (κ1) is 9.31. The van der Waals surface area contributed by atoms with E-state index >= 15 is 0 Å². The second-order valence-corrected chi connectivity index (χ2v) is 4.56. The van der Waals surface area contributed by atoms with Gasteiger partial charge in [0.2, 0.25) is 0 Å². The van der Waals surface area contributed by atoms with Crippen LogP contribution in [0.2, 0.25) is 0 Å². The first-order chi connectivity index (χ1) is 6.61. The Morgan fingerprint density at radius 2 is 2.29 bits per heavy atom. The van der Waals surface area contributed by atoms with E-state index in [-0.39, 0.29) is 5.56 Å². The van der Waals surface area contributed by atoms with Crippen LogP contribution in [-0.4, -0.2) is 4.57 Å². The lowest BCUT2D eigenvalue weighted by molar-refractivity contribution is 0.130. The fourth-order valence-electron chi connectivity index (χ4n) is 2.03. The number of anilines is 1. The van der Waals surface area contributed by atoms with Crippen LogP contribution in [-0.2, 0) is 6.54 Å². The lowest BCUT2D eigenvalue weighted by Gasteiger charge is -2.38. The van der Waals surface area contributed by atoms with E-state index in [0.717, 1.165) is 6.54 Å². The topological polar surface area (TPSA) is 48.0 Å². The third kappa shape index (κ3) is 1.54. The molecule has 0 saturated heterocycles. The van der Waals surface area contributed by atoms with Gasteiger partial charge in [-0.05, 0) is 30.4 Å². The van der Waals surface area contributed by atoms with Gasteiger partial charge in [0.25, 0.3) is 5.56 Å². The second-order valence-electron chi connectivity index (χ2n) is 4.56. The van der Waals surface area contributed by atoms with Gasteiger partial charge in [-0.1, -0.05) is 13.3 Å². The molecule has 0 amide bonds. The van der Waals surface area contributed by atoms with Crippen LogP contribution < -0.4 is 11.3 Å². The van der Waals surface area contributed by atoms with Crippen molar-refractivity contribution in [1.29, 1.82) is 0 Å². The minimum atomic E-state index is -0.0550. The molecule has 0 aliphatic heterocycles. The normalized spacial score (nSPS) is 18.9. The molecule has 2 rings (SSSR count). The smallest absolute Gasteiger partial charge is 0.273 e. The van der Waals surface area contributed by atoms with E-state index < -0.39 is 0 Å². The van der Waals surface area contributed by atoms with Crippen molar-refractivity contribution in [3.05, 3.63) is 28.7 Å². The van der Waals surface area contributed by atoms with Crippen LogP contribution in [0.1, 0.15) is 26.2 Å². The van der Waals surface area contributed by atoms with Gasteiger partial charge in [-0.25, -0.2) is 0 Å². The average molecular weight is 192 g/mol. The minimum absolute atomic E-state index is 0.0550. The summed E-state index contributed by atoms with van der Waals surface area (Å²) in [5, 5.41) is 0. The molecule has 3 heteroatoms. The molecule has 1 aromatic heterocycles. The van der Waals surface area contributed by atoms with Crippen LogP contribution in [0.15, 0.2) is 23.1 Å². The fraction of sp³-hybridized carbons (Fsp3) is 0.545. The molecule has 0 unspecified atom stereocenters. The van der Waals surface area contributed by atoms with Crippen molar-refractivity contribution in [2.75, 3.05) is 5.73 Å². The number of rotatable bonds is 2. The van der Waals surface area contributed by atoms with Gasteiger partial charge >= 0.3 is 0 Å². The predicted molar refractivity (Wildman–Crippen MR) is 57.1 cm³/mol. The van der Waals surface area contributed by atoms with E-state index in [1.165, 1.54) is 19.3 Å². The summed E-state index contributed by atoms with van der Waals surface area (Å²) in [5.41, 5.74) is 6.17. The Balaban J connectivity index is 2.25. The van der Waals surface area contributed by atoms with Crippen LogP contribution in [0.4, 0.5) is 5.69 Å². The number of nitrogen functional groups attached to an aromatic ring is 1. The van der Waals surface area contributed by atoms with Gasteiger partial charge in [0.05, 0.1) is 5.69 Å². The van der Waals surface area contributed by atoms with Crippen LogP contribution >= 0.6 is 0 Å². The minimum Gasteiger partial charge on any atom is -0.394 e. The molecule has 0 bridgehead atoms. The summed E-state index contributed by atoms with van der Waals surface area (Å²) in [6.45, 7) is 3.03. The summed E-state index contributed by atoms with van der Waals surface area (Å²) in [7, 11) is 0. The van der Waals surface area contributed by atoms with E-state index in [4.69, 9.17) is 5.73 Å². The van der Waals surface area contributed by atoms with Gasteiger partial charge in [0.15, 0.2) is 0 Å². The average Bonchev–Trinajstić information content (AvgIpc) is 2.10. The Morgan fingerprint density at radius 3 is 2.86 bits per heavy atom. The molecule has 0 spiro atoms. The number of nitrogens with zero attached hydrogens (tertiary/aromatic N) is 1. The van der Waals surface area contributed by atoms with Gasteiger partial charge in [0, 0.05) is 12.7 Å². The molecule has 3 nitrogen and oxygen atoms in total. The van der Waals surface area contributed by atoms with Crippen LogP contribution in [0.5, 0.6) is 0 Å². The van der Waals surface area contributed by atoms with Gasteiger partial charge in [-0.2, -0.15) is 0 Å². The Labute approximate surface area is 83.5 Å². The van der Waals surface area contributed by atoms with Crippen LogP contribution in [0.25, 0.3) is 0 Å². The highest BCUT2D eigenvalue weighted by molar-refractivity contribution is 5.33. The molecule has 1 aromatic rings. The van der Waals surface area contributed by atoms with E-state index in [9.17, 15) is 4.79 Å². The van der Waals surface area contributed by atoms with E-state index in [1.807, 2.05) is 12.3 Å². The Bertz CT molecular complexity index is 391. The monoisotopic (exact) mass is 192 g/mol. The highest BCUT2D eigenvalue weighted by Crippen LogP contribution is 2.41. The summed E-state index contributed by atoms with van der Waals surface area (Å²) in [6.07, 6.45) is 5.54. The number of nitrogens with two attached hydrogens (primary N) is 1.